The molecule has 0 aliphatic heterocycles. The zero-order valence-corrected chi connectivity index (χ0v) is 20.5. The van der Waals surface area contributed by atoms with Crippen LogP contribution in [0.5, 0.6) is 11.5 Å². The summed E-state index contributed by atoms with van der Waals surface area (Å²) in [5.41, 5.74) is 3.64. The van der Waals surface area contributed by atoms with Crippen LogP contribution in [0.25, 0.3) is 0 Å². The van der Waals surface area contributed by atoms with E-state index in [9.17, 15) is 9.59 Å². The number of benzene rings is 2. The highest BCUT2D eigenvalue weighted by molar-refractivity contribution is 6.03. The first-order chi connectivity index (χ1) is 17.4. The maximum Gasteiger partial charge on any atom is 0.337 e. The summed E-state index contributed by atoms with van der Waals surface area (Å²) in [6, 6.07) is 17.6. The number of amides is 1. The average Bonchev–Trinajstić information content (AvgIpc) is 3.48. The molecule has 0 fully saturated rings. The number of aromatic nitrogens is 2. The number of methoxy groups -OCH3 is 2. The normalized spacial score (nSPS) is 10.7. The minimum absolute atomic E-state index is 0.126. The number of esters is 1. The Morgan fingerprint density at radius 1 is 1.00 bits per heavy atom. The van der Waals surface area contributed by atoms with Crippen LogP contribution < -0.4 is 14.8 Å². The van der Waals surface area contributed by atoms with Gasteiger partial charge in [0.1, 0.15) is 23.9 Å². The molecule has 0 unspecified atom stereocenters. The van der Waals surface area contributed by atoms with Gasteiger partial charge in [-0.15, -0.1) is 0 Å². The first kappa shape index (κ1) is 24.6. The van der Waals surface area contributed by atoms with Gasteiger partial charge in [0.2, 0.25) is 0 Å². The second kappa shape index (κ2) is 10.8. The molecule has 0 aliphatic rings. The molecule has 2 aromatic carbocycles. The van der Waals surface area contributed by atoms with E-state index in [1.165, 1.54) is 7.11 Å². The minimum atomic E-state index is -0.417. The topological polar surface area (TPSA) is 105 Å². The predicted molar refractivity (Wildman–Crippen MR) is 133 cm³/mol. The van der Waals surface area contributed by atoms with Crippen molar-refractivity contribution in [3.63, 3.8) is 0 Å². The Balaban J connectivity index is 1.38. The van der Waals surface area contributed by atoms with Gasteiger partial charge in [0.15, 0.2) is 5.76 Å². The van der Waals surface area contributed by atoms with Crippen molar-refractivity contribution in [3.05, 3.63) is 94.7 Å². The molecule has 1 N–H and O–H groups in total. The number of hydrogen-bond acceptors (Lipinski definition) is 7. The summed E-state index contributed by atoms with van der Waals surface area (Å²) in [6.45, 7) is 4.42. The molecule has 9 heteroatoms. The van der Waals surface area contributed by atoms with E-state index >= 15 is 0 Å². The van der Waals surface area contributed by atoms with Gasteiger partial charge in [-0.1, -0.05) is 12.1 Å². The fraction of sp³-hybridized carbons (Fsp3) is 0.222. The fourth-order valence-electron chi connectivity index (χ4n) is 3.69. The zero-order valence-electron chi connectivity index (χ0n) is 20.5. The molecule has 4 aromatic rings. The summed E-state index contributed by atoms with van der Waals surface area (Å²) in [7, 11) is 2.96. The molecule has 186 valence electrons. The average molecular weight is 490 g/mol. The third kappa shape index (κ3) is 5.57. The van der Waals surface area contributed by atoms with Crippen LogP contribution in [0, 0.1) is 13.8 Å². The Morgan fingerprint density at radius 3 is 2.50 bits per heavy atom. The van der Waals surface area contributed by atoms with Gasteiger partial charge in [-0.2, -0.15) is 5.10 Å². The highest BCUT2D eigenvalue weighted by Gasteiger charge is 2.18. The van der Waals surface area contributed by atoms with Crippen LogP contribution in [0.2, 0.25) is 0 Å². The summed E-state index contributed by atoms with van der Waals surface area (Å²) in [4.78, 5) is 24.4. The first-order valence-corrected chi connectivity index (χ1v) is 11.3. The highest BCUT2D eigenvalue weighted by atomic mass is 16.5. The third-order valence-electron chi connectivity index (χ3n) is 5.63. The number of aryl methyl sites for hydroxylation is 1. The van der Waals surface area contributed by atoms with E-state index in [0.717, 1.165) is 17.0 Å². The summed E-state index contributed by atoms with van der Waals surface area (Å²) in [5.74, 6) is 1.18. The molecule has 1 amide bonds. The van der Waals surface area contributed by atoms with Crippen molar-refractivity contribution >= 4 is 17.6 Å². The minimum Gasteiger partial charge on any atom is -0.497 e. The van der Waals surface area contributed by atoms with Gasteiger partial charge in [0.05, 0.1) is 43.4 Å². The Hall–Kier alpha value is -4.53. The molecule has 9 nitrogen and oxygen atoms in total. The van der Waals surface area contributed by atoms with Crippen LogP contribution in [-0.4, -0.2) is 35.9 Å². The molecule has 0 saturated carbocycles. The van der Waals surface area contributed by atoms with Crippen LogP contribution in [0.4, 0.5) is 5.69 Å². The van der Waals surface area contributed by atoms with E-state index in [0.29, 0.717) is 35.0 Å². The number of carbonyl (C=O) groups excluding carboxylic acids is 2. The molecule has 4 rings (SSSR count). The smallest absolute Gasteiger partial charge is 0.337 e. The molecule has 0 atom stereocenters. The van der Waals surface area contributed by atoms with Crippen LogP contribution in [0.3, 0.4) is 0 Å². The van der Waals surface area contributed by atoms with E-state index in [-0.39, 0.29) is 18.3 Å². The van der Waals surface area contributed by atoms with E-state index in [2.05, 4.69) is 15.2 Å². The number of nitrogens with zero attached hydrogens (tertiary/aromatic N) is 2. The summed E-state index contributed by atoms with van der Waals surface area (Å²) < 4.78 is 23.2. The Labute approximate surface area is 208 Å². The molecule has 0 bridgehead atoms. The molecule has 0 saturated heterocycles. The molecule has 2 heterocycles. The highest BCUT2D eigenvalue weighted by Crippen LogP contribution is 2.23. The molecule has 36 heavy (non-hydrogen) atoms. The van der Waals surface area contributed by atoms with Crippen molar-refractivity contribution in [3.8, 4) is 11.5 Å². The van der Waals surface area contributed by atoms with E-state index in [1.54, 1.807) is 43.5 Å². The lowest BCUT2D eigenvalue weighted by Gasteiger charge is -2.08. The number of rotatable bonds is 9. The lowest BCUT2D eigenvalue weighted by molar-refractivity contribution is 0.0600. The lowest BCUT2D eigenvalue weighted by atomic mass is 10.2. The quantitative estimate of drug-likeness (QED) is 0.338. The number of carbonyl (C=O) groups is 2. The van der Waals surface area contributed by atoms with Gasteiger partial charge < -0.3 is 23.9 Å². The molecule has 0 aliphatic carbocycles. The van der Waals surface area contributed by atoms with Crippen LogP contribution in [0.15, 0.2) is 65.1 Å². The Bertz CT molecular complexity index is 1370. The van der Waals surface area contributed by atoms with Crippen molar-refractivity contribution < 1.29 is 28.2 Å². The van der Waals surface area contributed by atoms with Crippen LogP contribution in [0.1, 0.15) is 43.6 Å². The van der Waals surface area contributed by atoms with Gasteiger partial charge in [0.25, 0.3) is 5.91 Å². The van der Waals surface area contributed by atoms with Crippen molar-refractivity contribution in [2.75, 3.05) is 19.5 Å². The van der Waals surface area contributed by atoms with Gasteiger partial charge in [-0.05, 0) is 67.9 Å². The Kier molecular flexibility index (Phi) is 7.39. The van der Waals surface area contributed by atoms with Gasteiger partial charge >= 0.3 is 5.97 Å². The number of nitrogens with one attached hydrogen (secondary N) is 1. The van der Waals surface area contributed by atoms with Crippen molar-refractivity contribution in [1.82, 2.24) is 9.78 Å². The molecular formula is C27H27N3O6. The van der Waals surface area contributed by atoms with Crippen molar-refractivity contribution in [2.24, 2.45) is 0 Å². The standard InChI is InChI=1S/C27H27N3O6/c1-17-25(18(2)30(29-17)15-19-6-5-7-22(14-19)33-3)28-26(31)24-13-12-23(36-24)16-35-21-10-8-20(9-11-21)27(32)34-4/h5-14H,15-16H2,1-4H3,(H,28,31). The van der Waals surface area contributed by atoms with Gasteiger partial charge in [-0.25, -0.2) is 4.79 Å². The van der Waals surface area contributed by atoms with E-state index in [4.69, 9.17) is 13.9 Å². The molecular weight excluding hydrogens is 462 g/mol. The molecule has 2 aromatic heterocycles. The summed E-state index contributed by atoms with van der Waals surface area (Å²) in [5, 5.41) is 7.49. The zero-order chi connectivity index (χ0) is 25.7. The molecule has 0 radical (unpaired) electrons. The number of furan rings is 1. The largest absolute Gasteiger partial charge is 0.497 e. The lowest BCUT2D eigenvalue weighted by Crippen LogP contribution is -2.12. The summed E-state index contributed by atoms with van der Waals surface area (Å²) in [6.07, 6.45) is 0. The molecule has 0 spiro atoms. The third-order valence-corrected chi connectivity index (χ3v) is 5.63. The van der Waals surface area contributed by atoms with Crippen LogP contribution >= 0.6 is 0 Å². The summed E-state index contributed by atoms with van der Waals surface area (Å²) >= 11 is 0. The predicted octanol–water partition coefficient (Wildman–Crippen LogP) is 4.77. The number of anilines is 1. The van der Waals surface area contributed by atoms with E-state index < -0.39 is 5.97 Å². The second-order valence-corrected chi connectivity index (χ2v) is 8.08. The first-order valence-electron chi connectivity index (χ1n) is 11.3. The maximum atomic E-state index is 12.8. The van der Waals surface area contributed by atoms with Gasteiger partial charge in [0, 0.05) is 0 Å². The fourth-order valence-corrected chi connectivity index (χ4v) is 3.69. The Morgan fingerprint density at radius 2 is 1.78 bits per heavy atom. The van der Waals surface area contributed by atoms with Gasteiger partial charge in [-0.3, -0.25) is 9.48 Å². The SMILES string of the molecule is COC(=O)c1ccc(OCc2ccc(C(=O)Nc3c(C)nn(Cc4cccc(OC)c4)c3C)o2)cc1. The number of hydrogen-bond donors (Lipinski definition) is 1. The number of ether oxygens (including phenoxy) is 3. The van der Waals surface area contributed by atoms with Crippen molar-refractivity contribution in [1.29, 1.82) is 0 Å². The monoisotopic (exact) mass is 489 g/mol. The second-order valence-electron chi connectivity index (χ2n) is 8.08. The van der Waals surface area contributed by atoms with Crippen LogP contribution in [-0.2, 0) is 17.9 Å². The van der Waals surface area contributed by atoms with E-state index in [1.807, 2.05) is 42.8 Å². The van der Waals surface area contributed by atoms with Crippen molar-refractivity contribution in [2.45, 2.75) is 27.0 Å². The maximum absolute atomic E-state index is 12.8.